The summed E-state index contributed by atoms with van der Waals surface area (Å²) in [5.74, 6) is 1.16. The van der Waals surface area contributed by atoms with E-state index < -0.39 is 65.5 Å². The van der Waals surface area contributed by atoms with Gasteiger partial charge in [0, 0.05) is 29.5 Å². The summed E-state index contributed by atoms with van der Waals surface area (Å²) in [5, 5.41) is 47.9. The summed E-state index contributed by atoms with van der Waals surface area (Å²) < 4.78 is 121. The lowest BCUT2D eigenvalue weighted by Crippen LogP contribution is -2.44. The molecule has 3 aromatic rings. The van der Waals surface area contributed by atoms with Gasteiger partial charge in [-0.05, 0) is 68.6 Å². The van der Waals surface area contributed by atoms with E-state index in [0.717, 1.165) is 11.1 Å². The van der Waals surface area contributed by atoms with Crippen molar-refractivity contribution in [2.45, 2.75) is 119 Å². The van der Waals surface area contributed by atoms with Crippen LogP contribution in [0, 0.1) is 42.4 Å². The molecule has 1 fully saturated rings. The molecule has 3 aromatic carbocycles. The van der Waals surface area contributed by atoms with E-state index in [-0.39, 0.29) is 59.7 Å². The number of hydrogen-bond acceptors (Lipinski definition) is 12. The van der Waals surface area contributed by atoms with Crippen molar-refractivity contribution < 1.29 is 74.0 Å². The highest BCUT2D eigenvalue weighted by molar-refractivity contribution is 5.79. The third-order valence-corrected chi connectivity index (χ3v) is 12.2. The Bertz CT molecular complexity index is 2430. The van der Waals surface area contributed by atoms with Crippen LogP contribution in [0.25, 0.3) is 0 Å². The average molecular weight is 1000 g/mol. The summed E-state index contributed by atoms with van der Waals surface area (Å²) in [7, 11) is 0. The number of alkyl halides is 9. The van der Waals surface area contributed by atoms with E-state index in [1.165, 1.54) is 55.5 Å². The lowest BCUT2D eigenvalue weighted by atomic mass is 9.89. The van der Waals surface area contributed by atoms with Gasteiger partial charge in [0.25, 0.3) is 0 Å². The van der Waals surface area contributed by atoms with Crippen LogP contribution >= 0.6 is 0 Å². The predicted molar refractivity (Wildman–Crippen MR) is 234 cm³/mol. The van der Waals surface area contributed by atoms with Gasteiger partial charge >= 0.3 is 47.5 Å². The van der Waals surface area contributed by atoms with Crippen molar-refractivity contribution in [3.63, 3.8) is 0 Å². The van der Waals surface area contributed by atoms with Crippen LogP contribution in [0.1, 0.15) is 78.8 Å². The van der Waals surface area contributed by atoms with Crippen LogP contribution in [-0.2, 0) is 55.4 Å². The number of aliphatic carboxylic acids is 1. The number of carboxylic acids is 1. The number of carbonyl (C=O) groups is 3. The van der Waals surface area contributed by atoms with Gasteiger partial charge in [0.2, 0.25) is 0 Å². The summed E-state index contributed by atoms with van der Waals surface area (Å²) in [6.07, 6.45) is -0.757. The van der Waals surface area contributed by atoms with Gasteiger partial charge in [-0.3, -0.25) is 14.4 Å². The maximum Gasteiger partial charge on any atom is 0.442 e. The third kappa shape index (κ3) is 13.0. The van der Waals surface area contributed by atoms with Gasteiger partial charge in [-0.1, -0.05) is 78.9 Å². The number of carboxylic acid groups (broad SMARTS) is 1. The molecule has 0 aromatic heterocycles. The quantitative estimate of drug-likeness (QED) is 0.0433. The number of cyclic esters (lactones) is 1. The first-order valence-electron chi connectivity index (χ1n) is 21.9. The highest BCUT2D eigenvalue weighted by Gasteiger charge is 2.66. The fourth-order valence-electron chi connectivity index (χ4n) is 7.66. The number of aliphatic hydroxyl groups excluding tert-OH is 2. The zero-order valence-corrected chi connectivity index (χ0v) is 37.8. The minimum atomic E-state index is -4.57. The Balaban J connectivity index is 0.000000198. The Morgan fingerprint density at radius 3 is 1.28 bits per heavy atom. The molecule has 0 radical (unpaired) electrons. The summed E-state index contributed by atoms with van der Waals surface area (Å²) in [5.41, 5.74) is -5.03. The lowest BCUT2D eigenvalue weighted by Gasteiger charge is -2.34. The topological polar surface area (TPSA) is 195 Å². The first kappa shape index (κ1) is 55.2. The van der Waals surface area contributed by atoms with Crippen LogP contribution in [0.15, 0.2) is 116 Å². The summed E-state index contributed by atoms with van der Waals surface area (Å²) in [4.78, 5) is 33.8. The van der Waals surface area contributed by atoms with Gasteiger partial charge in [-0.15, -0.1) is 62.0 Å². The van der Waals surface area contributed by atoms with Crippen molar-refractivity contribution in [1.82, 2.24) is 0 Å². The highest BCUT2D eigenvalue weighted by Crippen LogP contribution is 2.54. The number of halogens is 9. The Morgan fingerprint density at radius 2 is 1.00 bits per heavy atom. The molecule has 4 heterocycles. The predicted octanol–water partition coefficient (Wildman–Crippen LogP) is 10.2. The number of ether oxygens (including phenoxy) is 1. The van der Waals surface area contributed by atoms with E-state index in [1.54, 1.807) is 30.3 Å². The largest absolute Gasteiger partial charge is 0.481 e. The number of allylic oxidation sites excluding steroid dienone is 1. The number of aryl methyl sites for hydroxylation is 3. The van der Waals surface area contributed by atoms with Gasteiger partial charge in [-0.25, -0.2) is 0 Å². The number of esters is 1. The number of aliphatic hydroxyl groups is 2. The number of benzene rings is 3. The number of hydrogen-bond donors (Lipinski definition) is 3. The van der Waals surface area contributed by atoms with Gasteiger partial charge in [0.15, 0.2) is 0 Å². The summed E-state index contributed by atoms with van der Waals surface area (Å²) in [6.45, 7) is 4.98. The van der Waals surface area contributed by atoms with Crippen molar-refractivity contribution in [1.29, 1.82) is 0 Å². The molecule has 4 aliphatic heterocycles. The first-order chi connectivity index (χ1) is 33.3. The second-order valence-electron chi connectivity index (χ2n) is 17.0. The van der Waals surface area contributed by atoms with E-state index in [0.29, 0.717) is 44.1 Å². The molecule has 13 nitrogen and oxygen atoms in total. The molecular weight excluding hydrogens is 956 g/mol. The highest BCUT2D eigenvalue weighted by atomic mass is 19.4. The van der Waals surface area contributed by atoms with Crippen molar-refractivity contribution in [2.75, 3.05) is 0 Å². The molecule has 0 spiro atoms. The van der Waals surface area contributed by atoms with E-state index in [2.05, 4.69) is 49.1 Å². The molecule has 4 aliphatic rings. The number of carbonyl (C=O) groups excluding carboxylic acids is 2. The molecule has 0 aliphatic carbocycles. The van der Waals surface area contributed by atoms with Crippen molar-refractivity contribution in [3.8, 4) is 24.7 Å². The van der Waals surface area contributed by atoms with Gasteiger partial charge < -0.3 is 20.1 Å². The maximum absolute atomic E-state index is 12.9. The normalized spacial score (nSPS) is 20.1. The average Bonchev–Trinajstić information content (AvgIpc) is 4.16. The number of nitrogens with zero attached hydrogens (tertiary/aromatic N) is 6. The van der Waals surface area contributed by atoms with Gasteiger partial charge in [0.05, 0.1) is 30.0 Å². The number of ketones is 1. The van der Waals surface area contributed by atoms with Crippen LogP contribution in [0.2, 0.25) is 0 Å². The molecule has 0 bridgehead atoms. The van der Waals surface area contributed by atoms with E-state index in [1.807, 2.05) is 0 Å². The lowest BCUT2D eigenvalue weighted by molar-refractivity contribution is -0.184. The zero-order chi connectivity index (χ0) is 52.6. The molecular formula is C49H47F9N6O7. The molecule has 6 atom stereocenters. The Morgan fingerprint density at radius 1 is 0.662 bits per heavy atom. The second-order valence-corrected chi connectivity index (χ2v) is 17.0. The molecule has 71 heavy (non-hydrogen) atoms. The Labute approximate surface area is 401 Å². The summed E-state index contributed by atoms with van der Waals surface area (Å²) in [6, 6.07) is 17.4. The third-order valence-electron chi connectivity index (χ3n) is 12.2. The Kier molecular flexibility index (Phi) is 17.2. The van der Waals surface area contributed by atoms with E-state index in [4.69, 9.17) is 22.7 Å². The fourth-order valence-corrected chi connectivity index (χ4v) is 7.66. The second kappa shape index (κ2) is 22.1. The van der Waals surface area contributed by atoms with E-state index in [9.17, 15) is 64.1 Å². The molecule has 7 rings (SSSR count). The smallest absolute Gasteiger partial charge is 0.442 e. The monoisotopic (exact) mass is 1000 g/mol. The van der Waals surface area contributed by atoms with Crippen LogP contribution < -0.4 is 0 Å². The minimum Gasteiger partial charge on any atom is -0.481 e. The van der Waals surface area contributed by atoms with Crippen molar-refractivity contribution in [3.05, 3.63) is 119 Å². The van der Waals surface area contributed by atoms with E-state index >= 15 is 0 Å². The minimum absolute atomic E-state index is 0.0216. The molecule has 0 unspecified atom stereocenters. The van der Waals surface area contributed by atoms with Gasteiger partial charge in [-0.2, -0.15) is 39.5 Å². The zero-order valence-electron chi connectivity index (χ0n) is 37.8. The number of rotatable bonds is 20. The van der Waals surface area contributed by atoms with Crippen LogP contribution in [0.5, 0.6) is 0 Å². The first-order valence-corrected chi connectivity index (χ1v) is 21.9. The molecule has 0 saturated carbocycles. The molecule has 22 heteroatoms. The summed E-state index contributed by atoms with van der Waals surface area (Å²) >= 11 is 0. The van der Waals surface area contributed by atoms with Crippen LogP contribution in [0.3, 0.4) is 0 Å². The number of Topliss-reactive ketones (excluding diaryl/α,β-unsaturated/α-hetero) is 1. The van der Waals surface area contributed by atoms with Gasteiger partial charge in [0.1, 0.15) is 11.9 Å². The maximum atomic E-state index is 12.9. The Hall–Kier alpha value is -6.78. The van der Waals surface area contributed by atoms with Crippen molar-refractivity contribution >= 4 is 17.7 Å². The molecule has 3 N–H and O–H groups in total. The molecule has 1 saturated heterocycles. The van der Waals surface area contributed by atoms with Crippen LogP contribution in [0.4, 0.5) is 39.5 Å². The van der Waals surface area contributed by atoms with Crippen molar-refractivity contribution in [2.24, 2.45) is 48.4 Å². The van der Waals surface area contributed by atoms with Crippen LogP contribution in [-0.4, -0.2) is 69.9 Å². The fraction of sp³-hybridized carbons (Fsp3) is 0.449. The SMILES string of the molecule is C#CC[C@@H](C(=O)O)[C@H](O)CCc1ccc(C2(C(F)(F)F)N=N2)cc1.C#CC[C@@H](C(C)=O)[C@H](O)CCc1ccc(C2(C(F)(F)F)N=N2)cc1.C=CC[C@H]1C(=O)O[C@@H]1CCc1ccc(C2(C(F)(F)F)N=N2)cc1. The molecule has 0 amide bonds. The standard InChI is InChI=1S/C17H17F3N2O2.C16H15F3N2O3.C16H15F3N2O2/c1-3-4-14(11(2)23)15(24)10-7-12-5-8-13(9-6-12)16(21-22-16)17(18,19)20;1-2-3-12(14(23)24)13(22)9-6-10-4-7-11(8-5-10)15(20-21-15)16(17,18)19;1-2-3-12-13(23-14(12)22)9-6-10-4-7-11(8-5-10)15(20-21-15)16(17,18)19/h1,5-6,8-9,14-15,24H,4,7,10H2,2H3;1,4-5,7-8,12-13,22H,3,6,9H2,(H,23,24);2,4-5,7-8,12-13H,1,3,6,9H2/t14-,15+;2*12-,13-/m011/s1. The molecule has 378 valence electrons. The number of terminal acetylenes is 2.